The first-order valence-electron chi connectivity index (χ1n) is 15.3. The van der Waals surface area contributed by atoms with Crippen molar-refractivity contribution < 1.29 is 33.5 Å². The van der Waals surface area contributed by atoms with Gasteiger partial charge in [0, 0.05) is 25.1 Å². The van der Waals surface area contributed by atoms with E-state index in [-0.39, 0.29) is 31.0 Å². The number of piperidine rings is 1. The van der Waals surface area contributed by atoms with Crippen LogP contribution in [0.3, 0.4) is 0 Å². The van der Waals surface area contributed by atoms with Crippen molar-refractivity contribution >= 4 is 53.8 Å². The maximum Gasteiger partial charge on any atom is 0.335 e. The molecule has 6 N–H and O–H groups in total. The number of hydrogen-bond donors (Lipinski definition) is 5. The molecular formula is C33H41N4O7PS. The van der Waals surface area contributed by atoms with Crippen LogP contribution in [0.4, 0.5) is 0 Å². The van der Waals surface area contributed by atoms with Crippen molar-refractivity contribution in [1.29, 1.82) is 0 Å². The molecule has 0 aromatic heterocycles. The van der Waals surface area contributed by atoms with Gasteiger partial charge in [-0.15, -0.1) is 11.8 Å². The number of primary amides is 1. The van der Waals surface area contributed by atoms with Crippen LogP contribution in [-0.4, -0.2) is 74.2 Å². The summed E-state index contributed by atoms with van der Waals surface area (Å²) in [5.74, 6) is -2.18. The number of benzene rings is 3. The van der Waals surface area contributed by atoms with Gasteiger partial charge >= 0.3 is 7.60 Å². The van der Waals surface area contributed by atoms with Crippen molar-refractivity contribution in [2.45, 2.75) is 63.1 Å². The van der Waals surface area contributed by atoms with Crippen molar-refractivity contribution in [2.24, 2.45) is 5.73 Å². The van der Waals surface area contributed by atoms with Gasteiger partial charge in [0.2, 0.25) is 23.6 Å². The van der Waals surface area contributed by atoms with E-state index in [4.69, 9.17) is 5.73 Å². The molecule has 3 atom stereocenters. The average molecular weight is 669 g/mol. The van der Waals surface area contributed by atoms with Crippen LogP contribution in [0.25, 0.3) is 10.8 Å². The summed E-state index contributed by atoms with van der Waals surface area (Å²) in [5.41, 5.74) is 7.07. The molecule has 11 nitrogen and oxygen atoms in total. The summed E-state index contributed by atoms with van der Waals surface area (Å²) in [4.78, 5) is 72.9. The lowest BCUT2D eigenvalue weighted by atomic mass is 9.98. The van der Waals surface area contributed by atoms with Crippen LogP contribution in [0.5, 0.6) is 0 Å². The second-order valence-electron chi connectivity index (χ2n) is 11.5. The molecule has 3 aromatic rings. The van der Waals surface area contributed by atoms with Gasteiger partial charge in [0.25, 0.3) is 0 Å². The van der Waals surface area contributed by atoms with Crippen molar-refractivity contribution in [3.63, 3.8) is 0 Å². The zero-order valence-electron chi connectivity index (χ0n) is 25.5. The number of fused-ring (bicyclic) bond motifs is 1. The van der Waals surface area contributed by atoms with Crippen LogP contribution >= 0.6 is 19.4 Å². The Bertz CT molecular complexity index is 1570. The van der Waals surface area contributed by atoms with Gasteiger partial charge in [-0.25, -0.2) is 0 Å². The first-order chi connectivity index (χ1) is 22.0. The highest BCUT2D eigenvalue weighted by Crippen LogP contribution is 2.38. The molecule has 0 aliphatic carbocycles. The summed E-state index contributed by atoms with van der Waals surface area (Å²) < 4.78 is 11.5. The van der Waals surface area contributed by atoms with E-state index < -0.39 is 48.9 Å². The maximum atomic E-state index is 13.9. The molecule has 3 aromatic carbocycles. The van der Waals surface area contributed by atoms with Gasteiger partial charge in [-0.05, 0) is 54.0 Å². The smallest absolute Gasteiger partial charge is 0.335 e. The van der Waals surface area contributed by atoms with Crippen LogP contribution in [0.15, 0.2) is 72.8 Å². The van der Waals surface area contributed by atoms with Gasteiger partial charge < -0.3 is 31.1 Å². The highest BCUT2D eigenvalue weighted by Gasteiger charge is 2.37. The lowest BCUT2D eigenvalue weighted by Gasteiger charge is -2.37. The highest BCUT2D eigenvalue weighted by molar-refractivity contribution is 8.04. The topological polar surface area (TPSA) is 179 Å². The molecule has 0 spiro atoms. The zero-order chi connectivity index (χ0) is 33.1. The standard InChI is InChI=1S/C33H41N4O7PS/c34-31(39)27(20-24-16-17-25-12-4-5-13-26(25)19-24)36-32(40)29-14-6-7-18-37(29)33(41)28(21-46-22-45(42,43)44)35-30(38)15-8-11-23-9-2-1-3-10-23/h1-5,9-10,12-13,16-17,19,27-29H,6-8,11,14-15,18,20-22H2,(H2,34,39)(H,35,38)(H,36,40)(H2,42,43,44)/t27-,28-,29-/m0/s1. The molecule has 0 saturated carbocycles. The van der Waals surface area contributed by atoms with E-state index in [0.717, 1.165) is 33.7 Å². The third-order valence-electron chi connectivity index (χ3n) is 7.89. The van der Waals surface area contributed by atoms with Crippen molar-refractivity contribution in [3.05, 3.63) is 83.9 Å². The number of thioether (sulfide) groups is 1. The number of aryl methyl sites for hydroxylation is 1. The summed E-state index contributed by atoms with van der Waals surface area (Å²) >= 11 is 0.862. The van der Waals surface area contributed by atoms with E-state index >= 15 is 0 Å². The van der Waals surface area contributed by atoms with Gasteiger partial charge in [-0.3, -0.25) is 23.7 Å². The van der Waals surface area contributed by atoms with Crippen molar-refractivity contribution in [2.75, 3.05) is 17.8 Å². The number of carbonyl (C=O) groups excluding carboxylic acids is 4. The van der Waals surface area contributed by atoms with E-state index in [1.165, 1.54) is 4.90 Å². The Kier molecular flexibility index (Phi) is 12.8. The van der Waals surface area contributed by atoms with E-state index in [2.05, 4.69) is 10.6 Å². The normalized spacial score (nSPS) is 16.4. The molecule has 0 unspecified atom stereocenters. The van der Waals surface area contributed by atoms with E-state index in [1.54, 1.807) is 0 Å². The van der Waals surface area contributed by atoms with E-state index in [1.807, 2.05) is 72.8 Å². The molecule has 1 fully saturated rings. The monoisotopic (exact) mass is 668 g/mol. The molecule has 0 bridgehead atoms. The molecular weight excluding hydrogens is 627 g/mol. The summed E-state index contributed by atoms with van der Waals surface area (Å²) in [6.07, 6.45) is 3.22. The molecule has 13 heteroatoms. The molecule has 1 heterocycles. The molecule has 1 aliphatic heterocycles. The van der Waals surface area contributed by atoms with Crippen LogP contribution in [0, 0.1) is 0 Å². The number of amides is 4. The van der Waals surface area contributed by atoms with Gasteiger partial charge in [0.15, 0.2) is 0 Å². The van der Waals surface area contributed by atoms with Crippen molar-refractivity contribution in [3.8, 4) is 0 Å². The number of nitrogens with one attached hydrogen (secondary N) is 2. The number of rotatable bonds is 15. The Labute approximate surface area is 272 Å². The zero-order valence-corrected chi connectivity index (χ0v) is 27.3. The molecule has 1 aliphatic rings. The molecule has 4 amide bonds. The second kappa shape index (κ2) is 16.7. The summed E-state index contributed by atoms with van der Waals surface area (Å²) in [7, 11) is -4.35. The molecule has 4 rings (SSSR count). The summed E-state index contributed by atoms with van der Waals surface area (Å²) in [6, 6.07) is 20.2. The third kappa shape index (κ3) is 10.7. The predicted molar refractivity (Wildman–Crippen MR) is 179 cm³/mol. The minimum Gasteiger partial charge on any atom is -0.368 e. The molecule has 246 valence electrons. The van der Waals surface area contributed by atoms with Crippen LogP contribution in [0.2, 0.25) is 0 Å². The maximum absolute atomic E-state index is 13.9. The fraction of sp³-hybridized carbons (Fsp3) is 0.394. The Morgan fingerprint density at radius 1 is 0.913 bits per heavy atom. The minimum atomic E-state index is -4.35. The second-order valence-corrected chi connectivity index (χ2v) is 14.6. The first-order valence-corrected chi connectivity index (χ1v) is 18.3. The largest absolute Gasteiger partial charge is 0.368 e. The van der Waals surface area contributed by atoms with E-state index in [0.29, 0.717) is 32.1 Å². The molecule has 1 saturated heterocycles. The van der Waals surface area contributed by atoms with E-state index in [9.17, 15) is 33.5 Å². The Balaban J connectivity index is 1.43. The number of hydrogen-bond acceptors (Lipinski definition) is 6. The average Bonchev–Trinajstić information content (AvgIpc) is 3.03. The van der Waals surface area contributed by atoms with Gasteiger partial charge in [-0.1, -0.05) is 72.8 Å². The SMILES string of the molecule is NC(=O)[C@H](Cc1ccc2ccccc2c1)NC(=O)[C@@H]1CCCCN1C(=O)[C@H](CSCP(=O)(O)O)NC(=O)CCCc1ccccc1. The van der Waals surface area contributed by atoms with Crippen LogP contribution < -0.4 is 16.4 Å². The first kappa shape index (κ1) is 35.2. The lowest BCUT2D eigenvalue weighted by Crippen LogP contribution is -2.60. The number of likely N-dealkylation sites (tertiary alicyclic amines) is 1. The van der Waals surface area contributed by atoms with Crippen molar-refractivity contribution in [1.82, 2.24) is 15.5 Å². The third-order valence-corrected chi connectivity index (χ3v) is 10.5. The number of carbonyl (C=O) groups is 4. The van der Waals surface area contributed by atoms with Crippen LogP contribution in [-0.2, 0) is 36.6 Å². The minimum absolute atomic E-state index is 0.0783. The fourth-order valence-electron chi connectivity index (χ4n) is 5.59. The van der Waals surface area contributed by atoms with Gasteiger partial charge in [0.1, 0.15) is 18.1 Å². The fourth-order valence-corrected chi connectivity index (χ4v) is 7.42. The van der Waals surface area contributed by atoms with Gasteiger partial charge in [-0.2, -0.15) is 0 Å². The van der Waals surface area contributed by atoms with Gasteiger partial charge in [0.05, 0.1) is 5.49 Å². The number of nitrogens with two attached hydrogens (primary N) is 1. The van der Waals surface area contributed by atoms with Crippen LogP contribution in [0.1, 0.15) is 43.2 Å². The highest BCUT2D eigenvalue weighted by atomic mass is 32.2. The number of nitrogens with zero attached hydrogens (tertiary/aromatic N) is 1. The predicted octanol–water partition coefficient (Wildman–Crippen LogP) is 3.11. The molecule has 46 heavy (non-hydrogen) atoms. The Morgan fingerprint density at radius 2 is 1.63 bits per heavy atom. The quantitative estimate of drug-likeness (QED) is 0.153. The Hall–Kier alpha value is -3.70. The summed E-state index contributed by atoms with van der Waals surface area (Å²) in [6.45, 7) is 0.256. The Morgan fingerprint density at radius 3 is 2.35 bits per heavy atom. The lowest BCUT2D eigenvalue weighted by molar-refractivity contribution is -0.145. The summed E-state index contributed by atoms with van der Waals surface area (Å²) in [5, 5.41) is 7.52. The molecule has 0 radical (unpaired) electrons.